The van der Waals surface area contributed by atoms with Crippen LogP contribution in [0.3, 0.4) is 0 Å². The number of rotatable bonds is 6. The third-order valence-electron chi connectivity index (χ3n) is 5.50. The summed E-state index contributed by atoms with van der Waals surface area (Å²) in [7, 11) is 1.57. The van der Waals surface area contributed by atoms with Crippen molar-refractivity contribution in [2.24, 2.45) is 0 Å². The number of aliphatic hydroxyl groups excluding tert-OH is 1. The lowest BCUT2D eigenvalue weighted by Gasteiger charge is -2.37. The summed E-state index contributed by atoms with van der Waals surface area (Å²) >= 11 is 0. The van der Waals surface area contributed by atoms with Gasteiger partial charge in [-0.15, -0.1) is 0 Å². The molecule has 9 nitrogen and oxygen atoms in total. The minimum atomic E-state index is -1.32. The molecule has 1 N–H and O–H groups in total. The first-order valence-electron chi connectivity index (χ1n) is 10.3. The van der Waals surface area contributed by atoms with E-state index in [-0.39, 0.29) is 12.1 Å². The average molecular weight is 440 g/mol. The molecule has 1 atom stereocenters. The van der Waals surface area contributed by atoms with Crippen LogP contribution >= 0.6 is 0 Å². The molecule has 0 bridgehead atoms. The molecule has 2 heterocycles. The summed E-state index contributed by atoms with van der Waals surface area (Å²) in [5, 5.41) is 9.22. The highest BCUT2D eigenvalue weighted by Gasteiger charge is 2.41. The van der Waals surface area contributed by atoms with E-state index < -0.39 is 30.3 Å². The molecule has 0 radical (unpaired) electrons. The first-order chi connectivity index (χ1) is 15.5. The first-order valence-corrected chi connectivity index (χ1v) is 10.3. The zero-order valence-electron chi connectivity index (χ0n) is 17.7. The van der Waals surface area contributed by atoms with Crippen LogP contribution in [0.5, 0.6) is 11.5 Å². The maximum Gasteiger partial charge on any atom is 0.278 e. The van der Waals surface area contributed by atoms with Gasteiger partial charge in [-0.25, -0.2) is 0 Å². The molecular weight excluding hydrogens is 416 g/mol. The number of nitrogens with zero attached hydrogens (tertiary/aromatic N) is 2. The minimum Gasteiger partial charge on any atom is -0.497 e. The molecule has 1 fully saturated rings. The van der Waals surface area contributed by atoms with E-state index in [0.29, 0.717) is 43.5 Å². The van der Waals surface area contributed by atoms with Crippen LogP contribution in [0.4, 0.5) is 5.69 Å². The quantitative estimate of drug-likeness (QED) is 0.528. The van der Waals surface area contributed by atoms with Gasteiger partial charge in [-0.3, -0.25) is 14.4 Å². The van der Waals surface area contributed by atoms with Crippen LogP contribution in [0, 0.1) is 0 Å². The van der Waals surface area contributed by atoms with E-state index in [4.69, 9.17) is 14.2 Å². The molecule has 0 saturated carbocycles. The molecule has 2 aromatic rings. The number of anilines is 1. The van der Waals surface area contributed by atoms with Crippen molar-refractivity contribution >= 4 is 23.3 Å². The summed E-state index contributed by atoms with van der Waals surface area (Å²) in [6, 6.07) is 11.8. The highest BCUT2D eigenvalue weighted by atomic mass is 16.5. The number of hydrogen-bond acceptors (Lipinski definition) is 7. The topological polar surface area (TPSA) is 106 Å². The number of ketones is 1. The lowest BCUT2D eigenvalue weighted by Crippen LogP contribution is -2.56. The lowest BCUT2D eigenvalue weighted by molar-refractivity contribution is -0.149. The number of methoxy groups -OCH3 is 1. The van der Waals surface area contributed by atoms with Gasteiger partial charge in [0.05, 0.1) is 32.6 Å². The normalized spacial score (nSPS) is 18.1. The van der Waals surface area contributed by atoms with Crippen molar-refractivity contribution < 1.29 is 33.7 Å². The molecule has 9 heteroatoms. The second-order valence-corrected chi connectivity index (χ2v) is 7.47. The molecule has 0 aromatic heterocycles. The summed E-state index contributed by atoms with van der Waals surface area (Å²) in [5.41, 5.74) is 1.43. The maximum atomic E-state index is 13.4. The molecule has 32 heavy (non-hydrogen) atoms. The number of fused-ring (bicyclic) bond motifs is 1. The van der Waals surface area contributed by atoms with Crippen molar-refractivity contribution in [3.63, 3.8) is 0 Å². The zero-order valence-corrected chi connectivity index (χ0v) is 17.7. The molecule has 0 aliphatic carbocycles. The Labute approximate surface area is 185 Å². The summed E-state index contributed by atoms with van der Waals surface area (Å²) in [6.45, 7) is 1.12. The van der Waals surface area contributed by atoms with Crippen molar-refractivity contribution in [3.05, 3.63) is 53.6 Å². The number of carbonyl (C=O) groups is 3. The van der Waals surface area contributed by atoms with Crippen molar-refractivity contribution in [3.8, 4) is 11.5 Å². The van der Waals surface area contributed by atoms with Gasteiger partial charge in [-0.2, -0.15) is 0 Å². The zero-order chi connectivity index (χ0) is 22.7. The molecule has 168 valence electrons. The van der Waals surface area contributed by atoms with Gasteiger partial charge in [0.15, 0.2) is 5.78 Å². The molecule has 1 unspecified atom stereocenters. The van der Waals surface area contributed by atoms with E-state index in [9.17, 15) is 19.5 Å². The molecule has 2 aliphatic rings. The van der Waals surface area contributed by atoms with Gasteiger partial charge in [0, 0.05) is 18.7 Å². The molecule has 2 aliphatic heterocycles. The Morgan fingerprint density at radius 2 is 1.84 bits per heavy atom. The van der Waals surface area contributed by atoms with E-state index in [1.165, 1.54) is 17.0 Å². The van der Waals surface area contributed by atoms with Gasteiger partial charge >= 0.3 is 0 Å². The number of morpholine rings is 1. The minimum absolute atomic E-state index is 0.169. The number of hydrogen-bond donors (Lipinski definition) is 1. The van der Waals surface area contributed by atoms with E-state index in [1.54, 1.807) is 30.2 Å². The number of amides is 2. The summed E-state index contributed by atoms with van der Waals surface area (Å²) in [4.78, 5) is 41.5. The predicted molar refractivity (Wildman–Crippen MR) is 114 cm³/mol. The van der Waals surface area contributed by atoms with E-state index in [1.807, 2.05) is 12.1 Å². The number of carbonyl (C=O) groups excluding carboxylic acids is 3. The van der Waals surface area contributed by atoms with Gasteiger partial charge in [0.25, 0.3) is 17.9 Å². The van der Waals surface area contributed by atoms with Gasteiger partial charge in [0.2, 0.25) is 0 Å². The molecule has 0 spiro atoms. The smallest absolute Gasteiger partial charge is 0.278 e. The predicted octanol–water partition coefficient (Wildman–Crippen LogP) is 1.02. The van der Waals surface area contributed by atoms with Crippen LogP contribution in [0.15, 0.2) is 42.5 Å². The molecular formula is C23H24N2O7. The first kappa shape index (κ1) is 21.8. The van der Waals surface area contributed by atoms with Crippen LogP contribution in [-0.2, 0) is 20.9 Å². The van der Waals surface area contributed by atoms with Gasteiger partial charge in [0.1, 0.15) is 18.1 Å². The molecule has 2 amide bonds. The molecule has 4 rings (SSSR count). The van der Waals surface area contributed by atoms with Gasteiger partial charge in [-0.05, 0) is 35.9 Å². The van der Waals surface area contributed by atoms with Crippen molar-refractivity contribution in [2.45, 2.75) is 12.6 Å². The Hall–Kier alpha value is -3.43. The Balaban J connectivity index is 1.69. The standard InChI is InChI=1S/C23H24N2O7/c1-30-17-5-2-15(3-6-17)13-25-18-12-16(19(27)14-26)4-7-20(18)32-21(23(25)29)22(28)24-8-10-31-11-9-24/h2-7,12,21,26H,8-11,13-14H2,1H3. The van der Waals surface area contributed by atoms with Crippen LogP contribution in [0.2, 0.25) is 0 Å². The van der Waals surface area contributed by atoms with Gasteiger partial charge < -0.3 is 29.1 Å². The number of Topliss-reactive ketones (excluding diaryl/α,β-unsaturated/α-hetero) is 1. The number of aliphatic hydroxyl groups is 1. The second-order valence-electron chi connectivity index (χ2n) is 7.47. The van der Waals surface area contributed by atoms with Crippen LogP contribution in [-0.4, -0.2) is 73.7 Å². The monoisotopic (exact) mass is 440 g/mol. The average Bonchev–Trinajstić information content (AvgIpc) is 2.85. The molecule has 1 saturated heterocycles. The Morgan fingerprint density at radius 1 is 1.12 bits per heavy atom. The summed E-state index contributed by atoms with van der Waals surface area (Å²) in [5.74, 6) is -0.411. The summed E-state index contributed by atoms with van der Waals surface area (Å²) < 4.78 is 16.3. The second kappa shape index (κ2) is 9.37. The van der Waals surface area contributed by atoms with Crippen molar-refractivity contribution in [1.29, 1.82) is 0 Å². The third kappa shape index (κ3) is 4.30. The summed E-state index contributed by atoms with van der Waals surface area (Å²) in [6.07, 6.45) is -1.32. The van der Waals surface area contributed by atoms with E-state index in [0.717, 1.165) is 5.56 Å². The Bertz CT molecular complexity index is 1020. The Kier molecular flexibility index (Phi) is 6.38. The van der Waals surface area contributed by atoms with Crippen molar-refractivity contribution in [2.75, 3.05) is 44.9 Å². The lowest BCUT2D eigenvalue weighted by atomic mass is 10.1. The van der Waals surface area contributed by atoms with Crippen LogP contribution in [0.25, 0.3) is 0 Å². The fraction of sp³-hybridized carbons (Fsp3) is 0.348. The maximum absolute atomic E-state index is 13.4. The van der Waals surface area contributed by atoms with E-state index >= 15 is 0 Å². The highest BCUT2D eigenvalue weighted by Crippen LogP contribution is 2.36. The number of ether oxygens (including phenoxy) is 3. The van der Waals surface area contributed by atoms with Crippen molar-refractivity contribution in [1.82, 2.24) is 4.90 Å². The molecule has 2 aromatic carbocycles. The van der Waals surface area contributed by atoms with Crippen LogP contribution in [0.1, 0.15) is 15.9 Å². The Morgan fingerprint density at radius 3 is 2.50 bits per heavy atom. The SMILES string of the molecule is COc1ccc(CN2C(=O)C(C(=O)N3CCOCC3)Oc3ccc(C(=O)CO)cc32)cc1. The van der Waals surface area contributed by atoms with Gasteiger partial charge in [-0.1, -0.05) is 12.1 Å². The number of benzene rings is 2. The highest BCUT2D eigenvalue weighted by molar-refractivity contribution is 6.13. The fourth-order valence-corrected chi connectivity index (χ4v) is 3.71. The third-order valence-corrected chi connectivity index (χ3v) is 5.50. The van der Waals surface area contributed by atoms with E-state index in [2.05, 4.69) is 0 Å². The fourth-order valence-electron chi connectivity index (χ4n) is 3.71. The largest absolute Gasteiger partial charge is 0.497 e. The van der Waals surface area contributed by atoms with Crippen LogP contribution < -0.4 is 14.4 Å².